The molecule has 5 nitrogen and oxygen atoms in total. The molecule has 0 fully saturated rings. The van der Waals surface area contributed by atoms with E-state index in [1.807, 2.05) is 55.6 Å². The predicted molar refractivity (Wildman–Crippen MR) is 125 cm³/mol. The number of carbonyl (C=O) groups excluding carboxylic acids is 1. The van der Waals surface area contributed by atoms with Gasteiger partial charge in [-0.2, -0.15) is 0 Å². The van der Waals surface area contributed by atoms with Crippen molar-refractivity contribution in [2.45, 2.75) is 13.5 Å². The average molecular weight is 464 g/mol. The number of aromatic nitrogens is 2. The normalized spacial score (nSPS) is 11.4. The highest BCUT2D eigenvalue weighted by Crippen LogP contribution is 2.32. The van der Waals surface area contributed by atoms with Crippen LogP contribution in [0.3, 0.4) is 0 Å². The van der Waals surface area contributed by atoms with Crippen LogP contribution in [0.15, 0.2) is 65.3 Å². The second-order valence-electron chi connectivity index (χ2n) is 7.01. The number of methoxy groups -OCH3 is 1. The number of hydrogen-bond acceptors (Lipinski definition) is 3. The Bertz CT molecular complexity index is 1260. The number of amides is 1. The Kier molecular flexibility index (Phi) is 5.86. The Morgan fingerprint density at radius 3 is 2.87 bits per heavy atom. The number of nitrogens with zero attached hydrogens (tertiary/aromatic N) is 2. The lowest BCUT2D eigenvalue weighted by Gasteiger charge is -2.10. The number of nitrogens with one attached hydrogen (secondary N) is 1. The maximum absolute atomic E-state index is 12.3. The molecule has 30 heavy (non-hydrogen) atoms. The van der Waals surface area contributed by atoms with Crippen molar-refractivity contribution in [3.05, 3.63) is 76.5 Å². The van der Waals surface area contributed by atoms with Crippen molar-refractivity contribution in [1.29, 1.82) is 0 Å². The van der Waals surface area contributed by atoms with E-state index < -0.39 is 0 Å². The molecule has 0 saturated carbocycles. The van der Waals surface area contributed by atoms with E-state index in [9.17, 15) is 4.79 Å². The average Bonchev–Trinajstić information content (AvgIpc) is 3.06. The molecule has 1 N–H and O–H groups in total. The van der Waals surface area contributed by atoms with E-state index >= 15 is 0 Å². The van der Waals surface area contributed by atoms with Crippen LogP contribution in [-0.4, -0.2) is 29.1 Å². The summed E-state index contributed by atoms with van der Waals surface area (Å²) in [4.78, 5) is 16.7. The van der Waals surface area contributed by atoms with E-state index in [0.29, 0.717) is 13.1 Å². The molecule has 1 amide bonds. The van der Waals surface area contributed by atoms with Crippen molar-refractivity contribution >= 4 is 49.7 Å². The number of halogens is 1. The summed E-state index contributed by atoms with van der Waals surface area (Å²) in [6.07, 6.45) is 5.20. The summed E-state index contributed by atoms with van der Waals surface area (Å²) < 4.78 is 8.60. The largest absolute Gasteiger partial charge is 0.497 e. The molecule has 4 rings (SSSR count). The van der Waals surface area contributed by atoms with Crippen molar-refractivity contribution in [1.82, 2.24) is 14.9 Å². The van der Waals surface area contributed by atoms with E-state index in [4.69, 9.17) is 4.74 Å². The number of benzene rings is 2. The van der Waals surface area contributed by atoms with E-state index in [1.165, 1.54) is 0 Å². The molecule has 6 heteroatoms. The van der Waals surface area contributed by atoms with Gasteiger partial charge in [0.15, 0.2) is 0 Å². The van der Waals surface area contributed by atoms with Gasteiger partial charge in [-0.05, 0) is 48.9 Å². The SMILES string of the molecule is COc1ccc2c3ccnc(C)c3n(CCNC(=O)/C=C/c3cccc(Br)c3)c2c1. The molecular weight excluding hydrogens is 442 g/mol. The number of hydrogen-bond donors (Lipinski definition) is 1. The molecule has 0 aliphatic carbocycles. The number of pyridine rings is 1. The second-order valence-corrected chi connectivity index (χ2v) is 7.92. The van der Waals surface area contributed by atoms with E-state index in [2.05, 4.69) is 36.9 Å². The summed E-state index contributed by atoms with van der Waals surface area (Å²) in [6, 6.07) is 15.9. The molecule has 0 atom stereocenters. The lowest BCUT2D eigenvalue weighted by Crippen LogP contribution is -2.25. The summed E-state index contributed by atoms with van der Waals surface area (Å²) in [5.41, 5.74) is 4.08. The van der Waals surface area contributed by atoms with E-state index in [1.54, 1.807) is 19.3 Å². The lowest BCUT2D eigenvalue weighted by atomic mass is 10.1. The van der Waals surface area contributed by atoms with Gasteiger partial charge in [0.25, 0.3) is 0 Å². The molecule has 0 saturated heterocycles. The van der Waals surface area contributed by atoms with Crippen LogP contribution >= 0.6 is 15.9 Å². The highest BCUT2D eigenvalue weighted by Gasteiger charge is 2.13. The maximum atomic E-state index is 12.3. The minimum atomic E-state index is -0.122. The molecule has 0 unspecified atom stereocenters. The lowest BCUT2D eigenvalue weighted by molar-refractivity contribution is -0.116. The number of carbonyl (C=O) groups is 1. The standard InChI is InChI=1S/C24H22BrN3O2/c1-16-24-21(10-11-26-16)20-8-7-19(30-2)15-22(20)28(24)13-12-27-23(29)9-6-17-4-3-5-18(25)14-17/h3-11,14-15H,12-13H2,1-2H3,(H,27,29)/b9-6+. The minimum absolute atomic E-state index is 0.122. The highest BCUT2D eigenvalue weighted by molar-refractivity contribution is 9.10. The number of rotatable bonds is 6. The van der Waals surface area contributed by atoms with Crippen molar-refractivity contribution in [3.8, 4) is 5.75 Å². The molecule has 0 radical (unpaired) electrons. The van der Waals surface area contributed by atoms with Crippen LogP contribution in [0.25, 0.3) is 27.9 Å². The maximum Gasteiger partial charge on any atom is 0.244 e. The first-order valence-electron chi connectivity index (χ1n) is 9.70. The molecule has 4 aromatic rings. The smallest absolute Gasteiger partial charge is 0.244 e. The van der Waals surface area contributed by atoms with Gasteiger partial charge in [-0.15, -0.1) is 0 Å². The van der Waals surface area contributed by atoms with Crippen molar-refractivity contribution in [3.63, 3.8) is 0 Å². The van der Waals surface area contributed by atoms with Crippen molar-refractivity contribution in [2.24, 2.45) is 0 Å². The monoisotopic (exact) mass is 463 g/mol. The van der Waals surface area contributed by atoms with Crippen LogP contribution in [0.1, 0.15) is 11.3 Å². The Labute approximate surface area is 183 Å². The van der Waals surface area contributed by atoms with Crippen LogP contribution < -0.4 is 10.1 Å². The Hall–Kier alpha value is -3.12. The summed E-state index contributed by atoms with van der Waals surface area (Å²) in [6.45, 7) is 3.15. The molecule has 2 heterocycles. The van der Waals surface area contributed by atoms with Gasteiger partial charge in [0.2, 0.25) is 5.91 Å². The summed E-state index contributed by atoms with van der Waals surface area (Å²) in [5, 5.41) is 5.28. The zero-order valence-corrected chi connectivity index (χ0v) is 18.4. The van der Waals surface area contributed by atoms with Crippen LogP contribution in [0, 0.1) is 6.92 Å². The molecule has 0 spiro atoms. The Morgan fingerprint density at radius 2 is 2.07 bits per heavy atom. The molecule has 0 aliphatic heterocycles. The van der Waals surface area contributed by atoms with Crippen molar-refractivity contribution < 1.29 is 9.53 Å². The first kappa shape index (κ1) is 20.2. The van der Waals surface area contributed by atoms with Gasteiger partial charge < -0.3 is 14.6 Å². The molecule has 152 valence electrons. The number of ether oxygens (including phenoxy) is 1. The third-order valence-electron chi connectivity index (χ3n) is 5.07. The molecule has 2 aromatic carbocycles. The summed E-state index contributed by atoms with van der Waals surface area (Å²) in [7, 11) is 1.67. The fourth-order valence-corrected chi connectivity index (χ4v) is 4.11. The zero-order chi connectivity index (χ0) is 21.1. The molecule has 0 aliphatic rings. The van der Waals surface area contributed by atoms with Gasteiger partial charge in [-0.1, -0.05) is 28.1 Å². The first-order valence-corrected chi connectivity index (χ1v) is 10.5. The fourth-order valence-electron chi connectivity index (χ4n) is 3.69. The van der Waals surface area contributed by atoms with Gasteiger partial charge in [0, 0.05) is 46.7 Å². The third kappa shape index (κ3) is 4.09. The van der Waals surface area contributed by atoms with Crippen LogP contribution in [0.2, 0.25) is 0 Å². The molecule has 0 bridgehead atoms. The predicted octanol–water partition coefficient (Wildman–Crippen LogP) is 5.10. The summed E-state index contributed by atoms with van der Waals surface area (Å²) >= 11 is 3.44. The van der Waals surface area contributed by atoms with Gasteiger partial charge in [0.1, 0.15) is 5.75 Å². The zero-order valence-electron chi connectivity index (χ0n) is 16.9. The summed E-state index contributed by atoms with van der Waals surface area (Å²) in [5.74, 6) is 0.682. The molecule has 2 aromatic heterocycles. The van der Waals surface area contributed by atoms with Gasteiger partial charge >= 0.3 is 0 Å². The fraction of sp³-hybridized carbons (Fsp3) is 0.167. The van der Waals surface area contributed by atoms with Crippen LogP contribution in [0.5, 0.6) is 5.75 Å². The highest BCUT2D eigenvalue weighted by atomic mass is 79.9. The van der Waals surface area contributed by atoms with Gasteiger partial charge in [0.05, 0.1) is 23.8 Å². The minimum Gasteiger partial charge on any atom is -0.497 e. The Morgan fingerprint density at radius 1 is 1.20 bits per heavy atom. The number of aryl methyl sites for hydroxylation is 1. The van der Waals surface area contributed by atoms with E-state index in [0.717, 1.165) is 43.3 Å². The van der Waals surface area contributed by atoms with E-state index in [-0.39, 0.29) is 5.91 Å². The van der Waals surface area contributed by atoms with Crippen molar-refractivity contribution in [2.75, 3.05) is 13.7 Å². The van der Waals surface area contributed by atoms with Crippen LogP contribution in [-0.2, 0) is 11.3 Å². The van der Waals surface area contributed by atoms with Crippen LogP contribution in [0.4, 0.5) is 0 Å². The molecular formula is C24H22BrN3O2. The van der Waals surface area contributed by atoms with Gasteiger partial charge in [-0.25, -0.2) is 0 Å². The quantitative estimate of drug-likeness (QED) is 0.404. The second kappa shape index (κ2) is 8.71. The topological polar surface area (TPSA) is 56.1 Å². The third-order valence-corrected chi connectivity index (χ3v) is 5.57. The van der Waals surface area contributed by atoms with Gasteiger partial charge in [-0.3, -0.25) is 9.78 Å². The Balaban J connectivity index is 1.55. The first-order chi connectivity index (χ1) is 14.6. The number of fused-ring (bicyclic) bond motifs is 3.